The van der Waals surface area contributed by atoms with Gasteiger partial charge < -0.3 is 4.74 Å². The van der Waals surface area contributed by atoms with Crippen molar-refractivity contribution < 1.29 is 9.53 Å². The summed E-state index contributed by atoms with van der Waals surface area (Å²) in [6, 6.07) is 15.5. The average molecular weight is 262 g/mol. The van der Waals surface area contributed by atoms with Crippen LogP contribution >= 0.6 is 0 Å². The molecular formula is C18H14O2. The molecular weight excluding hydrogens is 248 g/mol. The first kappa shape index (κ1) is 12.4. The molecule has 1 aliphatic rings. The second-order valence-electron chi connectivity index (χ2n) is 4.64. The Labute approximate surface area is 118 Å². The van der Waals surface area contributed by atoms with Gasteiger partial charge in [-0.05, 0) is 29.7 Å². The second-order valence-corrected chi connectivity index (χ2v) is 4.64. The Bertz CT molecular complexity index is 711. The first-order chi connectivity index (χ1) is 9.79. The van der Waals surface area contributed by atoms with Gasteiger partial charge in [-0.25, -0.2) is 4.79 Å². The number of rotatable bonds is 3. The van der Waals surface area contributed by atoms with E-state index in [1.54, 1.807) is 6.07 Å². The van der Waals surface area contributed by atoms with Gasteiger partial charge in [0.2, 0.25) is 0 Å². The van der Waals surface area contributed by atoms with Crippen molar-refractivity contribution in [3.8, 4) is 0 Å². The number of allylic oxidation sites excluding steroid dienone is 1. The molecule has 0 bridgehead atoms. The molecule has 0 atom stereocenters. The van der Waals surface area contributed by atoms with Crippen LogP contribution in [0.5, 0.6) is 0 Å². The van der Waals surface area contributed by atoms with E-state index in [1.165, 1.54) is 0 Å². The zero-order valence-electron chi connectivity index (χ0n) is 11.0. The molecule has 2 heteroatoms. The number of ether oxygens (including phenoxy) is 1. The van der Waals surface area contributed by atoms with E-state index < -0.39 is 0 Å². The molecule has 0 saturated carbocycles. The number of hydrogen-bond donors (Lipinski definition) is 0. The van der Waals surface area contributed by atoms with Crippen LogP contribution in [0.4, 0.5) is 0 Å². The second kappa shape index (κ2) is 5.17. The lowest BCUT2D eigenvalue weighted by atomic mass is 10.0. The number of esters is 1. The first-order valence-corrected chi connectivity index (χ1v) is 6.51. The molecule has 0 unspecified atom stereocenters. The normalized spacial score (nSPS) is 15.0. The Kier molecular flexibility index (Phi) is 3.21. The van der Waals surface area contributed by atoms with Crippen molar-refractivity contribution in [2.24, 2.45) is 0 Å². The maximum absolute atomic E-state index is 11.8. The first-order valence-electron chi connectivity index (χ1n) is 6.51. The summed E-state index contributed by atoms with van der Waals surface area (Å²) in [5.74, 6) is 0.329. The van der Waals surface area contributed by atoms with Crippen molar-refractivity contribution in [1.82, 2.24) is 0 Å². The summed E-state index contributed by atoms with van der Waals surface area (Å²) >= 11 is 0. The van der Waals surface area contributed by atoms with Gasteiger partial charge in [-0.1, -0.05) is 48.5 Å². The maximum atomic E-state index is 11.8. The van der Waals surface area contributed by atoms with Gasteiger partial charge in [0.15, 0.2) is 0 Å². The fraction of sp³-hybridized carbons (Fsp3) is 0.0556. The zero-order valence-corrected chi connectivity index (χ0v) is 11.0. The molecule has 0 fully saturated rings. The Hall–Kier alpha value is -2.61. The van der Waals surface area contributed by atoms with Gasteiger partial charge in [-0.3, -0.25) is 0 Å². The van der Waals surface area contributed by atoms with Crippen LogP contribution in [0.1, 0.15) is 27.0 Å². The van der Waals surface area contributed by atoms with Crippen LogP contribution in [-0.4, -0.2) is 5.97 Å². The molecule has 2 aromatic carbocycles. The molecule has 3 rings (SSSR count). The number of fused-ring (bicyclic) bond motifs is 1. The number of cyclic esters (lactones) is 1. The van der Waals surface area contributed by atoms with E-state index in [0.717, 1.165) is 23.1 Å². The minimum absolute atomic E-state index is 0.284. The van der Waals surface area contributed by atoms with Crippen molar-refractivity contribution >= 4 is 17.8 Å². The van der Waals surface area contributed by atoms with Gasteiger partial charge in [0.1, 0.15) is 5.76 Å². The quantitative estimate of drug-likeness (QED) is 0.615. The van der Waals surface area contributed by atoms with Crippen molar-refractivity contribution in [3.63, 3.8) is 0 Å². The van der Waals surface area contributed by atoms with E-state index in [2.05, 4.69) is 12.6 Å². The summed E-state index contributed by atoms with van der Waals surface area (Å²) in [5, 5.41) is 0. The van der Waals surface area contributed by atoms with Crippen molar-refractivity contribution in [3.05, 3.63) is 83.4 Å². The Balaban J connectivity index is 2.07. The van der Waals surface area contributed by atoms with Gasteiger partial charge >= 0.3 is 5.97 Å². The monoisotopic (exact) mass is 262 g/mol. The van der Waals surface area contributed by atoms with E-state index in [0.29, 0.717) is 11.3 Å². The van der Waals surface area contributed by atoms with Gasteiger partial charge in [-0.15, -0.1) is 6.58 Å². The van der Waals surface area contributed by atoms with Gasteiger partial charge in [0.05, 0.1) is 5.56 Å². The highest BCUT2D eigenvalue weighted by Gasteiger charge is 2.25. The Morgan fingerprint density at radius 3 is 2.50 bits per heavy atom. The van der Waals surface area contributed by atoms with Crippen LogP contribution in [0, 0.1) is 0 Å². The summed E-state index contributed by atoms with van der Waals surface area (Å²) in [7, 11) is 0. The van der Waals surface area contributed by atoms with E-state index in [9.17, 15) is 4.79 Å². The summed E-state index contributed by atoms with van der Waals surface area (Å²) in [6.45, 7) is 3.77. The lowest BCUT2D eigenvalue weighted by Gasteiger charge is -2.04. The minimum atomic E-state index is -0.284. The lowest BCUT2D eigenvalue weighted by Crippen LogP contribution is -1.92. The van der Waals surface area contributed by atoms with E-state index in [1.807, 2.05) is 48.6 Å². The summed E-state index contributed by atoms with van der Waals surface area (Å²) in [6.07, 6.45) is 4.57. The highest BCUT2D eigenvalue weighted by atomic mass is 16.5. The molecule has 1 aliphatic heterocycles. The molecule has 0 N–H and O–H groups in total. The SMILES string of the molecule is C=CCc1ccccc1C=C1OC(=O)c2ccccc21. The van der Waals surface area contributed by atoms with Crippen molar-refractivity contribution in [2.75, 3.05) is 0 Å². The zero-order chi connectivity index (χ0) is 13.9. The molecule has 2 nitrogen and oxygen atoms in total. The van der Waals surface area contributed by atoms with Crippen molar-refractivity contribution in [1.29, 1.82) is 0 Å². The lowest BCUT2D eigenvalue weighted by molar-refractivity contribution is 0.0717. The van der Waals surface area contributed by atoms with Crippen LogP contribution in [0.3, 0.4) is 0 Å². The highest BCUT2D eigenvalue weighted by Crippen LogP contribution is 2.31. The van der Waals surface area contributed by atoms with Crippen LogP contribution in [0.15, 0.2) is 61.2 Å². The number of carbonyl (C=O) groups is 1. The number of carbonyl (C=O) groups excluding carboxylic acids is 1. The van der Waals surface area contributed by atoms with E-state index >= 15 is 0 Å². The fourth-order valence-corrected chi connectivity index (χ4v) is 2.35. The van der Waals surface area contributed by atoms with Crippen LogP contribution in [0.25, 0.3) is 11.8 Å². The molecule has 0 aliphatic carbocycles. The smallest absolute Gasteiger partial charge is 0.344 e. The molecule has 0 amide bonds. The largest absolute Gasteiger partial charge is 0.422 e. The van der Waals surface area contributed by atoms with Crippen LogP contribution in [0.2, 0.25) is 0 Å². The standard InChI is InChI=1S/C18H14O2/c1-2-7-13-8-3-4-9-14(13)12-17-15-10-5-6-11-16(15)18(19)20-17/h2-6,8-12H,1,7H2. The van der Waals surface area contributed by atoms with Gasteiger partial charge in [0.25, 0.3) is 0 Å². The Morgan fingerprint density at radius 2 is 1.70 bits per heavy atom. The molecule has 20 heavy (non-hydrogen) atoms. The van der Waals surface area contributed by atoms with Crippen LogP contribution in [-0.2, 0) is 11.2 Å². The molecule has 0 aromatic heterocycles. The molecule has 98 valence electrons. The van der Waals surface area contributed by atoms with Gasteiger partial charge in [0, 0.05) is 5.56 Å². The molecule has 0 spiro atoms. The summed E-state index contributed by atoms with van der Waals surface area (Å²) in [5.41, 5.74) is 3.69. The molecule has 2 aromatic rings. The van der Waals surface area contributed by atoms with Gasteiger partial charge in [-0.2, -0.15) is 0 Å². The fourth-order valence-electron chi connectivity index (χ4n) is 2.35. The summed E-state index contributed by atoms with van der Waals surface area (Å²) < 4.78 is 5.37. The van der Waals surface area contributed by atoms with Crippen LogP contribution < -0.4 is 0 Å². The van der Waals surface area contributed by atoms with Crippen molar-refractivity contribution in [2.45, 2.75) is 6.42 Å². The minimum Gasteiger partial charge on any atom is -0.422 e. The topological polar surface area (TPSA) is 26.3 Å². The molecule has 1 heterocycles. The van der Waals surface area contributed by atoms with E-state index in [-0.39, 0.29) is 5.97 Å². The third kappa shape index (κ3) is 2.16. The predicted octanol–water partition coefficient (Wildman–Crippen LogP) is 4.08. The summed E-state index contributed by atoms with van der Waals surface area (Å²) in [4.78, 5) is 11.8. The average Bonchev–Trinajstić information content (AvgIpc) is 2.79. The third-order valence-electron chi connectivity index (χ3n) is 3.32. The Morgan fingerprint density at radius 1 is 1.00 bits per heavy atom. The number of benzene rings is 2. The molecule has 0 saturated heterocycles. The predicted molar refractivity (Wildman–Crippen MR) is 80.1 cm³/mol. The number of hydrogen-bond acceptors (Lipinski definition) is 2. The third-order valence-corrected chi connectivity index (χ3v) is 3.32. The highest BCUT2D eigenvalue weighted by molar-refractivity contribution is 6.05. The molecule has 0 radical (unpaired) electrons. The van der Waals surface area contributed by atoms with E-state index in [4.69, 9.17) is 4.74 Å². The maximum Gasteiger partial charge on any atom is 0.344 e.